The first kappa shape index (κ1) is 18.7. The van der Waals surface area contributed by atoms with Crippen LogP contribution in [0.5, 0.6) is 0 Å². The summed E-state index contributed by atoms with van der Waals surface area (Å²) in [5.74, 6) is -0.442. The molecule has 1 aliphatic carbocycles. The van der Waals surface area contributed by atoms with Gasteiger partial charge in [0.15, 0.2) is 0 Å². The largest absolute Gasteiger partial charge is 0.433 e. The van der Waals surface area contributed by atoms with Crippen LogP contribution in [-0.2, 0) is 19.0 Å². The van der Waals surface area contributed by atoms with E-state index in [0.29, 0.717) is 35.9 Å². The molecule has 0 saturated heterocycles. The molecule has 8 heteroatoms. The molecule has 0 unspecified atom stereocenters. The van der Waals surface area contributed by atoms with Crippen molar-refractivity contribution in [1.82, 2.24) is 4.98 Å². The number of aromatic nitrogens is 1. The summed E-state index contributed by atoms with van der Waals surface area (Å²) in [6.45, 7) is 1.93. The van der Waals surface area contributed by atoms with Crippen molar-refractivity contribution in [2.45, 2.75) is 38.8 Å². The molecule has 28 heavy (non-hydrogen) atoms. The number of fused-ring (bicyclic) bond motifs is 3. The Labute approximate surface area is 163 Å². The number of nitrogen functional groups attached to an aromatic ring is 1. The smallest absolute Gasteiger partial charge is 0.397 e. The van der Waals surface area contributed by atoms with Crippen molar-refractivity contribution >= 4 is 38.8 Å². The maximum Gasteiger partial charge on any atom is 0.433 e. The molecule has 3 aromatic rings. The van der Waals surface area contributed by atoms with E-state index in [9.17, 15) is 18.0 Å². The zero-order valence-corrected chi connectivity index (χ0v) is 15.9. The molecule has 0 radical (unpaired) electrons. The maximum atomic E-state index is 13.5. The number of anilines is 2. The number of amides is 1. The minimum Gasteiger partial charge on any atom is -0.397 e. The highest BCUT2D eigenvalue weighted by Crippen LogP contribution is 2.43. The van der Waals surface area contributed by atoms with Gasteiger partial charge in [0.2, 0.25) is 0 Å². The first-order valence-electron chi connectivity index (χ1n) is 8.94. The number of hydrogen-bond donors (Lipinski definition) is 2. The number of aryl methyl sites for hydroxylation is 2. The van der Waals surface area contributed by atoms with Crippen molar-refractivity contribution < 1.29 is 18.0 Å². The highest BCUT2D eigenvalue weighted by molar-refractivity contribution is 7.21. The molecule has 146 valence electrons. The summed E-state index contributed by atoms with van der Waals surface area (Å²) in [5, 5.41) is 3.26. The van der Waals surface area contributed by atoms with Gasteiger partial charge in [-0.3, -0.25) is 4.79 Å². The quantitative estimate of drug-likeness (QED) is 0.605. The molecule has 2 aromatic heterocycles. The highest BCUT2D eigenvalue weighted by Gasteiger charge is 2.38. The summed E-state index contributed by atoms with van der Waals surface area (Å²) in [5.41, 5.74) is 8.05. The fraction of sp³-hybridized carbons (Fsp3) is 0.300. The Balaban J connectivity index is 1.82. The molecule has 1 aromatic carbocycles. The van der Waals surface area contributed by atoms with Crippen molar-refractivity contribution in [3.05, 3.63) is 51.5 Å². The molecule has 0 spiro atoms. The minimum atomic E-state index is -4.53. The predicted molar refractivity (Wildman–Crippen MR) is 105 cm³/mol. The molecule has 1 aliphatic rings. The van der Waals surface area contributed by atoms with Gasteiger partial charge in [-0.25, -0.2) is 4.98 Å². The minimum absolute atomic E-state index is 0.166. The van der Waals surface area contributed by atoms with E-state index in [0.717, 1.165) is 23.3 Å². The second kappa shape index (κ2) is 6.77. The predicted octanol–water partition coefficient (Wildman–Crippen LogP) is 5.34. The van der Waals surface area contributed by atoms with Crippen LogP contribution in [0, 0.1) is 6.92 Å². The van der Waals surface area contributed by atoms with Gasteiger partial charge < -0.3 is 11.1 Å². The van der Waals surface area contributed by atoms with Crippen molar-refractivity contribution in [3.8, 4) is 0 Å². The van der Waals surface area contributed by atoms with E-state index >= 15 is 0 Å². The van der Waals surface area contributed by atoms with Crippen LogP contribution in [0.15, 0.2) is 24.3 Å². The van der Waals surface area contributed by atoms with Crippen LogP contribution in [-0.4, -0.2) is 10.9 Å². The van der Waals surface area contributed by atoms with E-state index in [-0.39, 0.29) is 21.0 Å². The molecule has 4 rings (SSSR count). The summed E-state index contributed by atoms with van der Waals surface area (Å²) >= 11 is 0.909. The number of benzene rings is 1. The first-order valence-corrected chi connectivity index (χ1v) is 9.76. The van der Waals surface area contributed by atoms with Crippen molar-refractivity contribution in [1.29, 1.82) is 0 Å². The molecule has 0 saturated carbocycles. The van der Waals surface area contributed by atoms with Gasteiger partial charge in [-0.2, -0.15) is 13.2 Å². The zero-order valence-electron chi connectivity index (χ0n) is 15.1. The van der Waals surface area contributed by atoms with Crippen LogP contribution in [0.1, 0.15) is 44.9 Å². The number of pyridine rings is 1. The normalized spacial score (nSPS) is 14.1. The van der Waals surface area contributed by atoms with Crippen molar-refractivity contribution in [2.75, 3.05) is 11.1 Å². The summed E-state index contributed by atoms with van der Waals surface area (Å²) in [6.07, 6.45) is -2.21. The molecular weight excluding hydrogens is 387 g/mol. The Morgan fingerprint density at radius 2 is 1.79 bits per heavy atom. The molecule has 0 aliphatic heterocycles. The van der Waals surface area contributed by atoms with Crippen LogP contribution < -0.4 is 11.1 Å². The van der Waals surface area contributed by atoms with Gasteiger partial charge in [-0.1, -0.05) is 17.7 Å². The fourth-order valence-corrected chi connectivity index (χ4v) is 4.66. The molecular formula is C20H18F3N3OS. The number of thiophene rings is 1. The van der Waals surface area contributed by atoms with Gasteiger partial charge in [0.25, 0.3) is 5.91 Å². The Bertz CT molecular complexity index is 1070. The molecule has 3 N–H and O–H groups in total. The average molecular weight is 405 g/mol. The van der Waals surface area contributed by atoms with E-state index < -0.39 is 17.8 Å². The Morgan fingerprint density at radius 1 is 1.14 bits per heavy atom. The highest BCUT2D eigenvalue weighted by atomic mass is 32.1. The number of carbonyl (C=O) groups excluding carboxylic acids is 1. The first-order chi connectivity index (χ1) is 13.3. The zero-order chi connectivity index (χ0) is 20.1. The number of nitrogens with two attached hydrogens (primary N) is 1. The Hall–Kier alpha value is -2.61. The van der Waals surface area contributed by atoms with Crippen molar-refractivity contribution in [3.63, 3.8) is 0 Å². The molecule has 0 bridgehead atoms. The van der Waals surface area contributed by atoms with Crippen molar-refractivity contribution in [2.24, 2.45) is 0 Å². The standard InChI is InChI=1S/C20H18F3N3OS/c1-10-6-8-11(9-7-10)25-18(27)16-15(24)14-12-4-2-3-5-13(12)17(20(21,22)23)26-19(14)28-16/h6-9H,2-5,24H2,1H3,(H,25,27). The Kier molecular flexibility index (Phi) is 4.53. The number of carbonyl (C=O) groups is 1. The van der Waals surface area contributed by atoms with Gasteiger partial charge in [0.1, 0.15) is 15.4 Å². The lowest BCUT2D eigenvalue weighted by Gasteiger charge is -2.21. The van der Waals surface area contributed by atoms with E-state index in [1.54, 1.807) is 12.1 Å². The van der Waals surface area contributed by atoms with Crippen LogP contribution in [0.25, 0.3) is 10.2 Å². The van der Waals surface area contributed by atoms with Crippen LogP contribution >= 0.6 is 11.3 Å². The van der Waals surface area contributed by atoms with Gasteiger partial charge in [-0.05, 0) is 55.9 Å². The topological polar surface area (TPSA) is 68.0 Å². The second-order valence-electron chi connectivity index (χ2n) is 6.97. The summed E-state index contributed by atoms with van der Waals surface area (Å²) in [6, 6.07) is 7.24. The number of halogens is 3. The number of alkyl halides is 3. The second-order valence-corrected chi connectivity index (χ2v) is 7.97. The lowest BCUT2D eigenvalue weighted by atomic mass is 9.88. The lowest BCUT2D eigenvalue weighted by molar-refractivity contribution is -0.141. The van der Waals surface area contributed by atoms with Crippen LogP contribution in [0.3, 0.4) is 0 Å². The average Bonchev–Trinajstić information content (AvgIpc) is 2.99. The molecule has 0 atom stereocenters. The molecule has 1 amide bonds. The van der Waals surface area contributed by atoms with E-state index in [1.165, 1.54) is 0 Å². The third-order valence-corrected chi connectivity index (χ3v) is 6.08. The van der Waals surface area contributed by atoms with Gasteiger partial charge >= 0.3 is 6.18 Å². The molecule has 2 heterocycles. The van der Waals surface area contributed by atoms with Crippen LogP contribution in [0.4, 0.5) is 24.5 Å². The Morgan fingerprint density at radius 3 is 2.43 bits per heavy atom. The SMILES string of the molecule is Cc1ccc(NC(=O)c2sc3nc(C(F)(F)F)c4c(c3c2N)CCCC4)cc1. The summed E-state index contributed by atoms with van der Waals surface area (Å²) in [4.78, 5) is 16.9. The van der Waals surface area contributed by atoms with Gasteiger partial charge in [0, 0.05) is 11.1 Å². The van der Waals surface area contributed by atoms with Gasteiger partial charge in [0.05, 0.1) is 5.69 Å². The van der Waals surface area contributed by atoms with Crippen LogP contribution in [0.2, 0.25) is 0 Å². The van der Waals surface area contributed by atoms with E-state index in [4.69, 9.17) is 5.73 Å². The molecule has 0 fully saturated rings. The number of hydrogen-bond acceptors (Lipinski definition) is 4. The number of rotatable bonds is 2. The number of nitrogens with one attached hydrogen (secondary N) is 1. The maximum absolute atomic E-state index is 13.5. The van der Waals surface area contributed by atoms with E-state index in [1.807, 2.05) is 19.1 Å². The summed E-state index contributed by atoms with van der Waals surface area (Å²) < 4.78 is 40.6. The molecule has 4 nitrogen and oxygen atoms in total. The number of nitrogens with zero attached hydrogens (tertiary/aromatic N) is 1. The lowest BCUT2D eigenvalue weighted by Crippen LogP contribution is -2.17. The van der Waals surface area contributed by atoms with Gasteiger partial charge in [-0.15, -0.1) is 11.3 Å². The van der Waals surface area contributed by atoms with E-state index in [2.05, 4.69) is 10.3 Å². The monoisotopic (exact) mass is 405 g/mol. The third kappa shape index (κ3) is 3.22. The fourth-order valence-electron chi connectivity index (χ4n) is 3.64. The summed E-state index contributed by atoms with van der Waals surface area (Å²) in [7, 11) is 0. The third-order valence-electron chi connectivity index (χ3n) is 4.98.